The van der Waals surface area contributed by atoms with Crippen molar-refractivity contribution >= 4 is 61.1 Å². The first-order valence-electron chi connectivity index (χ1n) is 11.9. The van der Waals surface area contributed by atoms with Gasteiger partial charge in [-0.2, -0.15) is 0 Å². The summed E-state index contributed by atoms with van der Waals surface area (Å²) >= 11 is 5.79. The Morgan fingerprint density at radius 2 is 1.89 bits per heavy atom. The first kappa shape index (κ1) is 24.9. The molecule has 0 aliphatic carbocycles. The molecule has 2 aromatic heterocycles. The molecule has 3 aromatic carbocycles. The quantitative estimate of drug-likeness (QED) is 0.165. The number of ketones is 1. The highest BCUT2D eigenvalue weighted by atomic mass is 127. The molecular formula is C29H21BrIN3O4. The lowest BCUT2D eigenvalue weighted by molar-refractivity contribution is 0.0899. The van der Waals surface area contributed by atoms with Gasteiger partial charge in [-0.15, -0.1) is 0 Å². The predicted molar refractivity (Wildman–Crippen MR) is 155 cm³/mol. The monoisotopic (exact) mass is 681 g/mol. The van der Waals surface area contributed by atoms with Crippen molar-refractivity contribution in [1.29, 1.82) is 0 Å². The molecule has 0 saturated heterocycles. The number of hydrogen-bond donors (Lipinski definition) is 2. The Morgan fingerprint density at radius 1 is 1.11 bits per heavy atom. The summed E-state index contributed by atoms with van der Waals surface area (Å²) in [6.07, 6.45) is 1.68. The van der Waals surface area contributed by atoms with Gasteiger partial charge in [-0.1, -0.05) is 48.5 Å². The molecule has 1 aliphatic rings. The Bertz CT molecular complexity index is 1710. The Hall–Kier alpha value is -3.44. The van der Waals surface area contributed by atoms with E-state index >= 15 is 0 Å². The van der Waals surface area contributed by atoms with Gasteiger partial charge in [-0.05, 0) is 62.3 Å². The number of Topliss-reactive ketones (excluding diaryl/α,β-unsaturated/α-hetero) is 1. The lowest BCUT2D eigenvalue weighted by Gasteiger charge is -2.27. The highest BCUT2D eigenvalue weighted by molar-refractivity contribution is 14.1. The number of nitrogens with zero attached hydrogens (tertiary/aromatic N) is 1. The van der Waals surface area contributed by atoms with E-state index in [0.717, 1.165) is 30.1 Å². The molecule has 0 fully saturated rings. The largest absolute Gasteiger partial charge is 0.490 e. The zero-order chi connectivity index (χ0) is 26.4. The molecule has 0 bridgehead atoms. The summed E-state index contributed by atoms with van der Waals surface area (Å²) in [6.45, 7) is 1.76. The van der Waals surface area contributed by atoms with Gasteiger partial charge in [0.1, 0.15) is 17.8 Å². The molecule has 9 heteroatoms. The SMILES string of the molecule is Cc1nc(C(=O)NCC(=O)c2c[nH]c3cccc(I)c23)c(C2(c3ccccc3)COc3c(Br)cccc32)o1. The number of para-hydroxylation sites is 1. The van der Waals surface area contributed by atoms with Crippen molar-refractivity contribution in [3.63, 3.8) is 0 Å². The summed E-state index contributed by atoms with van der Waals surface area (Å²) in [5, 5.41) is 3.62. The number of carbonyl (C=O) groups excluding carboxylic acids is 2. The standard InChI is InChI=1S/C29H21BrIN3O4/c1-16-34-25(28(36)33-14-23(35)18-13-32-22-12-6-11-21(31)24(18)22)27(38-16)29(17-7-3-2-4-8-17)15-37-26-19(29)9-5-10-20(26)30/h2-13,32H,14-15H2,1H3,(H,33,36). The van der Waals surface area contributed by atoms with E-state index in [1.807, 2.05) is 66.7 Å². The Balaban J connectivity index is 1.37. The maximum atomic E-state index is 13.5. The van der Waals surface area contributed by atoms with E-state index in [1.54, 1.807) is 13.1 Å². The summed E-state index contributed by atoms with van der Waals surface area (Å²) in [5.74, 6) is 0.733. The summed E-state index contributed by atoms with van der Waals surface area (Å²) in [7, 11) is 0. The summed E-state index contributed by atoms with van der Waals surface area (Å²) < 4.78 is 14.1. The van der Waals surface area contributed by atoms with Crippen LogP contribution in [0.2, 0.25) is 0 Å². The van der Waals surface area contributed by atoms with E-state index in [9.17, 15) is 9.59 Å². The number of ether oxygens (including phenoxy) is 1. The molecule has 6 rings (SSSR count). The van der Waals surface area contributed by atoms with Crippen molar-refractivity contribution < 1.29 is 18.7 Å². The molecule has 1 unspecified atom stereocenters. The third kappa shape index (κ3) is 3.95. The zero-order valence-electron chi connectivity index (χ0n) is 20.2. The second-order valence-electron chi connectivity index (χ2n) is 9.06. The fraction of sp³-hybridized carbons (Fsp3) is 0.138. The van der Waals surface area contributed by atoms with Gasteiger partial charge in [0, 0.05) is 38.7 Å². The molecule has 2 N–H and O–H groups in total. The predicted octanol–water partition coefficient (Wildman–Crippen LogP) is 6.17. The maximum Gasteiger partial charge on any atom is 0.273 e. The fourth-order valence-electron chi connectivity index (χ4n) is 5.10. The number of aromatic nitrogens is 2. The Labute approximate surface area is 240 Å². The van der Waals surface area contributed by atoms with E-state index in [0.29, 0.717) is 23.0 Å². The van der Waals surface area contributed by atoms with Crippen molar-refractivity contribution in [1.82, 2.24) is 15.3 Å². The topological polar surface area (TPSA) is 97.2 Å². The third-order valence-corrected chi connectivity index (χ3v) is 8.35. The van der Waals surface area contributed by atoms with Crippen LogP contribution in [-0.4, -0.2) is 34.8 Å². The van der Waals surface area contributed by atoms with Crippen molar-refractivity contribution in [3.05, 3.63) is 115 Å². The van der Waals surface area contributed by atoms with E-state index in [2.05, 4.69) is 53.8 Å². The summed E-state index contributed by atoms with van der Waals surface area (Å²) in [6, 6.07) is 21.4. The number of halogens is 2. The minimum Gasteiger partial charge on any atom is -0.490 e. The van der Waals surface area contributed by atoms with Crippen LogP contribution >= 0.6 is 38.5 Å². The van der Waals surface area contributed by atoms with E-state index < -0.39 is 11.3 Å². The van der Waals surface area contributed by atoms with Crippen molar-refractivity contribution in [2.45, 2.75) is 12.3 Å². The number of hydrogen-bond acceptors (Lipinski definition) is 5. The molecule has 0 saturated carbocycles. The zero-order valence-corrected chi connectivity index (χ0v) is 23.9. The van der Waals surface area contributed by atoms with Crippen LogP contribution in [0.15, 0.2) is 81.8 Å². The van der Waals surface area contributed by atoms with Crippen LogP contribution in [0.25, 0.3) is 10.9 Å². The highest BCUT2D eigenvalue weighted by Gasteiger charge is 2.50. The van der Waals surface area contributed by atoms with Gasteiger partial charge in [0.15, 0.2) is 23.1 Å². The Kier molecular flexibility index (Phi) is 6.35. The van der Waals surface area contributed by atoms with Gasteiger partial charge >= 0.3 is 0 Å². The normalized spacial score (nSPS) is 16.3. The average Bonchev–Trinajstić information content (AvgIpc) is 3.64. The lowest BCUT2D eigenvalue weighted by Crippen LogP contribution is -2.36. The smallest absolute Gasteiger partial charge is 0.273 e. The second kappa shape index (κ2) is 9.70. The number of rotatable bonds is 6. The fourth-order valence-corrected chi connectivity index (χ4v) is 6.37. The highest BCUT2D eigenvalue weighted by Crippen LogP contribution is 2.51. The minimum absolute atomic E-state index is 0.129. The van der Waals surface area contributed by atoms with Gasteiger partial charge in [-0.3, -0.25) is 9.59 Å². The van der Waals surface area contributed by atoms with Crippen molar-refractivity contribution in [3.8, 4) is 5.75 Å². The Morgan fingerprint density at radius 3 is 2.71 bits per heavy atom. The first-order valence-corrected chi connectivity index (χ1v) is 13.8. The number of aryl methyl sites for hydroxylation is 1. The first-order chi connectivity index (χ1) is 18.4. The maximum absolute atomic E-state index is 13.5. The van der Waals surface area contributed by atoms with Crippen LogP contribution in [-0.2, 0) is 5.41 Å². The molecule has 5 aromatic rings. The minimum atomic E-state index is -0.898. The van der Waals surface area contributed by atoms with E-state index in [1.165, 1.54) is 0 Å². The molecule has 1 aliphatic heterocycles. The number of benzene rings is 3. The van der Waals surface area contributed by atoms with Crippen LogP contribution < -0.4 is 10.1 Å². The molecule has 1 atom stereocenters. The van der Waals surface area contributed by atoms with Crippen LogP contribution in [0.5, 0.6) is 5.75 Å². The molecule has 190 valence electrons. The molecular weight excluding hydrogens is 661 g/mol. The summed E-state index contributed by atoms with van der Waals surface area (Å²) in [5.41, 5.74) is 2.41. The number of H-pyrrole nitrogens is 1. The van der Waals surface area contributed by atoms with Crippen molar-refractivity contribution in [2.75, 3.05) is 13.2 Å². The van der Waals surface area contributed by atoms with E-state index in [-0.39, 0.29) is 24.6 Å². The molecule has 1 amide bonds. The average molecular weight is 682 g/mol. The molecule has 7 nitrogen and oxygen atoms in total. The number of nitrogens with one attached hydrogen (secondary N) is 2. The number of carbonyl (C=O) groups is 2. The summed E-state index contributed by atoms with van der Waals surface area (Å²) in [4.78, 5) is 34.3. The van der Waals surface area contributed by atoms with Crippen LogP contribution in [0, 0.1) is 10.5 Å². The van der Waals surface area contributed by atoms with Crippen molar-refractivity contribution in [2.24, 2.45) is 0 Å². The van der Waals surface area contributed by atoms with Gasteiger partial charge in [-0.25, -0.2) is 4.98 Å². The lowest BCUT2D eigenvalue weighted by atomic mass is 9.73. The van der Waals surface area contributed by atoms with Gasteiger partial charge < -0.3 is 19.5 Å². The molecule has 0 radical (unpaired) electrons. The number of aromatic amines is 1. The van der Waals surface area contributed by atoms with E-state index in [4.69, 9.17) is 9.15 Å². The second-order valence-corrected chi connectivity index (χ2v) is 11.1. The molecule has 3 heterocycles. The van der Waals surface area contributed by atoms with Gasteiger partial charge in [0.25, 0.3) is 5.91 Å². The number of fused-ring (bicyclic) bond motifs is 2. The van der Waals surface area contributed by atoms with Gasteiger partial charge in [0.05, 0.1) is 11.0 Å². The van der Waals surface area contributed by atoms with Crippen LogP contribution in [0.4, 0.5) is 0 Å². The van der Waals surface area contributed by atoms with Crippen LogP contribution in [0.3, 0.4) is 0 Å². The number of amides is 1. The molecule has 38 heavy (non-hydrogen) atoms. The number of oxazole rings is 1. The third-order valence-electron chi connectivity index (χ3n) is 6.83. The van der Waals surface area contributed by atoms with Crippen LogP contribution in [0.1, 0.15) is 43.6 Å². The molecule has 0 spiro atoms. The van der Waals surface area contributed by atoms with Gasteiger partial charge in [0.2, 0.25) is 0 Å².